The molecule has 0 amide bonds. The van der Waals surface area contributed by atoms with E-state index in [0.717, 1.165) is 24.9 Å². The van der Waals surface area contributed by atoms with E-state index in [-0.39, 0.29) is 5.25 Å². The highest BCUT2D eigenvalue weighted by atomic mass is 32.1. The van der Waals surface area contributed by atoms with Crippen LogP contribution >= 0.6 is 25.3 Å². The van der Waals surface area contributed by atoms with Gasteiger partial charge in [0.15, 0.2) is 0 Å². The number of aromatic hydroxyl groups is 1. The monoisotopic (exact) mass is 283 g/mol. The molecule has 1 aromatic carbocycles. The molecule has 18 heavy (non-hydrogen) atoms. The summed E-state index contributed by atoms with van der Waals surface area (Å²) in [6.07, 6.45) is 2.05. The Kier molecular flexibility index (Phi) is 6.50. The number of hydrogen-bond donors (Lipinski definition) is 4. The van der Waals surface area contributed by atoms with Crippen LogP contribution < -0.4 is 5.32 Å². The molecule has 2 atom stereocenters. The van der Waals surface area contributed by atoms with Gasteiger partial charge in [0.2, 0.25) is 0 Å². The van der Waals surface area contributed by atoms with E-state index >= 15 is 0 Å². The van der Waals surface area contributed by atoms with Crippen LogP contribution in [0, 0.1) is 5.92 Å². The summed E-state index contributed by atoms with van der Waals surface area (Å²) in [6, 6.07) is 7.32. The predicted octanol–water partition coefficient (Wildman–Crippen LogP) is 3.77. The Morgan fingerprint density at radius 3 is 2.78 bits per heavy atom. The molecule has 0 heterocycles. The van der Waals surface area contributed by atoms with Crippen molar-refractivity contribution in [3.63, 3.8) is 0 Å². The molecule has 0 aromatic heterocycles. The number of phenolic OH excluding ortho intramolecular Hbond substituents is 1. The van der Waals surface area contributed by atoms with Gasteiger partial charge >= 0.3 is 0 Å². The third-order valence-electron chi connectivity index (χ3n) is 3.03. The normalized spacial score (nSPS) is 13.9. The summed E-state index contributed by atoms with van der Waals surface area (Å²) in [4.78, 5) is 0. The molecule has 0 aliphatic heterocycles. The van der Waals surface area contributed by atoms with E-state index < -0.39 is 0 Å². The van der Waals surface area contributed by atoms with E-state index in [1.807, 2.05) is 12.1 Å². The second-order valence-electron chi connectivity index (χ2n) is 4.37. The highest BCUT2D eigenvalue weighted by Gasteiger charge is 2.18. The predicted molar refractivity (Wildman–Crippen MR) is 84.4 cm³/mol. The molecule has 0 spiro atoms. The maximum absolute atomic E-state index is 9.50. The van der Waals surface area contributed by atoms with Crippen LogP contribution in [0.1, 0.15) is 30.6 Å². The molecule has 0 aliphatic rings. The van der Waals surface area contributed by atoms with Gasteiger partial charge in [-0.3, -0.25) is 0 Å². The topological polar surface area (TPSA) is 32.3 Å². The Hall–Kier alpha value is -0.740. The zero-order chi connectivity index (χ0) is 13.5. The molecular weight excluding hydrogens is 262 g/mol. The molecule has 2 unspecified atom stereocenters. The van der Waals surface area contributed by atoms with Gasteiger partial charge in [-0.1, -0.05) is 32.1 Å². The lowest BCUT2D eigenvalue weighted by Crippen LogP contribution is -2.17. The van der Waals surface area contributed by atoms with Crippen molar-refractivity contribution in [2.24, 2.45) is 5.92 Å². The standard InChI is InChI=1S/C14H21NOS2/c1-3-11(7-8-15-10(2)17)14(18)12-5-4-6-13(16)9-12/h4-6,9,11,14-18H,2-3,7-8H2,1H3. The first-order chi connectivity index (χ1) is 8.54. The average molecular weight is 283 g/mol. The molecule has 2 N–H and O–H groups in total. The third kappa shape index (κ3) is 4.86. The Morgan fingerprint density at radius 1 is 1.50 bits per heavy atom. The molecule has 0 fully saturated rings. The van der Waals surface area contributed by atoms with Gasteiger partial charge < -0.3 is 10.4 Å². The van der Waals surface area contributed by atoms with Crippen molar-refractivity contribution in [1.29, 1.82) is 0 Å². The van der Waals surface area contributed by atoms with Crippen LogP contribution in [0.4, 0.5) is 0 Å². The SMILES string of the molecule is C=C(S)NCCC(CC)C(S)c1cccc(O)c1. The smallest absolute Gasteiger partial charge is 0.115 e. The van der Waals surface area contributed by atoms with E-state index in [1.165, 1.54) is 0 Å². The van der Waals surface area contributed by atoms with Crippen LogP contribution in [0.25, 0.3) is 0 Å². The number of benzene rings is 1. The average Bonchev–Trinajstić information content (AvgIpc) is 2.33. The van der Waals surface area contributed by atoms with Crippen LogP contribution in [0.15, 0.2) is 35.9 Å². The second-order valence-corrected chi connectivity index (χ2v) is 5.47. The molecule has 2 nitrogen and oxygen atoms in total. The van der Waals surface area contributed by atoms with Crippen molar-refractivity contribution in [3.05, 3.63) is 41.4 Å². The van der Waals surface area contributed by atoms with Gasteiger partial charge in [0, 0.05) is 11.8 Å². The molecule has 4 heteroatoms. The zero-order valence-electron chi connectivity index (χ0n) is 10.6. The largest absolute Gasteiger partial charge is 0.508 e. The first-order valence-corrected chi connectivity index (χ1v) is 7.09. The lowest BCUT2D eigenvalue weighted by atomic mass is 9.93. The Bertz CT molecular complexity index is 395. The summed E-state index contributed by atoms with van der Waals surface area (Å²) >= 11 is 8.79. The van der Waals surface area contributed by atoms with Crippen molar-refractivity contribution >= 4 is 25.3 Å². The van der Waals surface area contributed by atoms with E-state index in [1.54, 1.807) is 12.1 Å². The Balaban J connectivity index is 2.61. The van der Waals surface area contributed by atoms with Crippen molar-refractivity contribution in [2.75, 3.05) is 6.54 Å². The number of phenols is 1. The molecule has 0 bridgehead atoms. The fourth-order valence-electron chi connectivity index (χ4n) is 1.97. The highest BCUT2D eigenvalue weighted by Crippen LogP contribution is 2.34. The van der Waals surface area contributed by atoms with Gasteiger partial charge in [0.05, 0.1) is 5.03 Å². The number of rotatable bonds is 7. The molecule has 0 saturated carbocycles. The second kappa shape index (κ2) is 7.64. The zero-order valence-corrected chi connectivity index (χ0v) is 12.4. The summed E-state index contributed by atoms with van der Waals surface area (Å²) in [5, 5.41) is 13.4. The van der Waals surface area contributed by atoms with Gasteiger partial charge in [-0.05, 0) is 30.0 Å². The molecule has 1 aromatic rings. The lowest BCUT2D eigenvalue weighted by molar-refractivity contribution is 0.450. The van der Waals surface area contributed by atoms with Crippen LogP contribution in [0.3, 0.4) is 0 Å². The lowest BCUT2D eigenvalue weighted by Gasteiger charge is -2.22. The number of hydrogen-bond acceptors (Lipinski definition) is 4. The summed E-state index contributed by atoms with van der Waals surface area (Å²) < 4.78 is 0. The van der Waals surface area contributed by atoms with Crippen molar-refractivity contribution in [3.8, 4) is 5.75 Å². The summed E-state index contributed by atoms with van der Waals surface area (Å²) in [6.45, 7) is 6.70. The minimum atomic E-state index is 0.136. The van der Waals surface area contributed by atoms with Gasteiger partial charge in [0.25, 0.3) is 0 Å². The van der Waals surface area contributed by atoms with Crippen LogP contribution in [-0.2, 0) is 0 Å². The number of nitrogens with one attached hydrogen (secondary N) is 1. The van der Waals surface area contributed by atoms with Gasteiger partial charge in [0.1, 0.15) is 5.75 Å². The Morgan fingerprint density at radius 2 is 2.22 bits per heavy atom. The Labute approximate surface area is 120 Å². The summed E-state index contributed by atoms with van der Waals surface area (Å²) in [7, 11) is 0. The van der Waals surface area contributed by atoms with Crippen molar-refractivity contribution < 1.29 is 5.11 Å². The van der Waals surface area contributed by atoms with Gasteiger partial charge in [-0.2, -0.15) is 12.6 Å². The van der Waals surface area contributed by atoms with E-state index in [4.69, 9.17) is 0 Å². The van der Waals surface area contributed by atoms with Crippen molar-refractivity contribution in [2.45, 2.75) is 25.0 Å². The van der Waals surface area contributed by atoms with Gasteiger partial charge in [-0.15, -0.1) is 12.6 Å². The first kappa shape index (κ1) is 15.3. The molecule has 0 radical (unpaired) electrons. The molecule has 0 aliphatic carbocycles. The highest BCUT2D eigenvalue weighted by molar-refractivity contribution is 7.84. The quantitative estimate of drug-likeness (QED) is 0.574. The maximum Gasteiger partial charge on any atom is 0.115 e. The minimum Gasteiger partial charge on any atom is -0.508 e. The minimum absolute atomic E-state index is 0.136. The fraction of sp³-hybridized carbons (Fsp3) is 0.429. The molecule has 100 valence electrons. The summed E-state index contributed by atoms with van der Waals surface area (Å²) in [5.74, 6) is 0.749. The third-order valence-corrected chi connectivity index (χ3v) is 3.90. The molecule has 0 saturated heterocycles. The summed E-state index contributed by atoms with van der Waals surface area (Å²) in [5.41, 5.74) is 1.06. The molecule has 1 rings (SSSR count). The van der Waals surface area contributed by atoms with Gasteiger partial charge in [-0.25, -0.2) is 0 Å². The van der Waals surface area contributed by atoms with E-state index in [0.29, 0.717) is 16.7 Å². The van der Waals surface area contributed by atoms with E-state index in [9.17, 15) is 5.11 Å². The van der Waals surface area contributed by atoms with E-state index in [2.05, 4.69) is 44.1 Å². The number of thiol groups is 2. The first-order valence-electron chi connectivity index (χ1n) is 6.13. The van der Waals surface area contributed by atoms with Crippen molar-refractivity contribution in [1.82, 2.24) is 5.32 Å². The van der Waals surface area contributed by atoms with Crippen LogP contribution in [-0.4, -0.2) is 11.7 Å². The fourth-order valence-corrected chi connectivity index (χ4v) is 2.60. The van der Waals surface area contributed by atoms with Crippen LogP contribution in [0.2, 0.25) is 0 Å². The maximum atomic E-state index is 9.50. The molecular formula is C14H21NOS2. The van der Waals surface area contributed by atoms with Crippen LogP contribution in [0.5, 0.6) is 5.75 Å².